The highest BCUT2D eigenvalue weighted by atomic mass is 16.5. The van der Waals surface area contributed by atoms with Gasteiger partial charge in [0.1, 0.15) is 11.5 Å². The Morgan fingerprint density at radius 3 is 2.44 bits per heavy atom. The SMILES string of the molecule is CCc1c(C)c(O)c2ccccc2c1OC(C)=O. The van der Waals surface area contributed by atoms with Crippen LogP contribution < -0.4 is 4.74 Å². The molecule has 0 saturated carbocycles. The molecule has 18 heavy (non-hydrogen) atoms. The average molecular weight is 244 g/mol. The first-order valence-corrected chi connectivity index (χ1v) is 5.97. The van der Waals surface area contributed by atoms with Crippen LogP contribution in [-0.2, 0) is 11.2 Å². The van der Waals surface area contributed by atoms with Crippen molar-refractivity contribution in [2.45, 2.75) is 27.2 Å². The first kappa shape index (κ1) is 12.4. The van der Waals surface area contributed by atoms with E-state index in [1.807, 2.05) is 38.1 Å². The number of ether oxygens (including phenoxy) is 1. The van der Waals surface area contributed by atoms with Gasteiger partial charge < -0.3 is 9.84 Å². The Kier molecular flexibility index (Phi) is 3.24. The van der Waals surface area contributed by atoms with Crippen molar-refractivity contribution in [1.29, 1.82) is 0 Å². The van der Waals surface area contributed by atoms with Gasteiger partial charge in [0.25, 0.3) is 0 Å². The van der Waals surface area contributed by atoms with Crippen molar-refractivity contribution in [3.8, 4) is 11.5 Å². The van der Waals surface area contributed by atoms with Crippen molar-refractivity contribution < 1.29 is 14.6 Å². The fourth-order valence-corrected chi connectivity index (χ4v) is 2.25. The van der Waals surface area contributed by atoms with Crippen LogP contribution in [-0.4, -0.2) is 11.1 Å². The van der Waals surface area contributed by atoms with Crippen LogP contribution in [0.3, 0.4) is 0 Å². The standard InChI is InChI=1S/C15H16O3/c1-4-11-9(2)14(17)12-7-5-6-8-13(12)15(11)18-10(3)16/h5-8,17H,4H2,1-3H3. The third-order valence-electron chi connectivity index (χ3n) is 3.11. The molecule has 0 amide bonds. The number of benzene rings is 2. The van der Waals surface area contributed by atoms with Crippen molar-refractivity contribution >= 4 is 16.7 Å². The van der Waals surface area contributed by atoms with Crippen LogP contribution >= 0.6 is 0 Å². The molecule has 0 unspecified atom stereocenters. The minimum absolute atomic E-state index is 0.262. The second-order valence-corrected chi connectivity index (χ2v) is 4.27. The normalized spacial score (nSPS) is 10.6. The van der Waals surface area contributed by atoms with Crippen LogP contribution in [0.5, 0.6) is 11.5 Å². The summed E-state index contributed by atoms with van der Waals surface area (Å²) >= 11 is 0. The highest BCUT2D eigenvalue weighted by Gasteiger charge is 2.17. The summed E-state index contributed by atoms with van der Waals surface area (Å²) in [6.07, 6.45) is 0.701. The van der Waals surface area contributed by atoms with Gasteiger partial charge in [0.2, 0.25) is 0 Å². The van der Waals surface area contributed by atoms with Gasteiger partial charge in [-0.1, -0.05) is 31.2 Å². The monoisotopic (exact) mass is 244 g/mol. The van der Waals surface area contributed by atoms with E-state index in [-0.39, 0.29) is 11.7 Å². The maximum atomic E-state index is 11.2. The number of carbonyl (C=O) groups excluding carboxylic acids is 1. The second kappa shape index (κ2) is 4.69. The third kappa shape index (κ3) is 1.92. The fourth-order valence-electron chi connectivity index (χ4n) is 2.25. The number of fused-ring (bicyclic) bond motifs is 1. The maximum Gasteiger partial charge on any atom is 0.308 e. The van der Waals surface area contributed by atoms with Crippen LogP contribution in [0.2, 0.25) is 0 Å². The Morgan fingerprint density at radius 1 is 1.28 bits per heavy atom. The molecule has 0 aliphatic rings. The lowest BCUT2D eigenvalue weighted by Gasteiger charge is -2.16. The third-order valence-corrected chi connectivity index (χ3v) is 3.11. The Labute approximate surface area is 106 Å². The molecule has 0 heterocycles. The van der Waals surface area contributed by atoms with Gasteiger partial charge >= 0.3 is 5.97 Å². The average Bonchev–Trinajstić information content (AvgIpc) is 2.35. The summed E-state index contributed by atoms with van der Waals surface area (Å²) in [5.41, 5.74) is 1.65. The van der Waals surface area contributed by atoms with E-state index in [9.17, 15) is 9.90 Å². The molecule has 0 saturated heterocycles. The molecule has 0 fully saturated rings. The smallest absolute Gasteiger partial charge is 0.308 e. The van der Waals surface area contributed by atoms with Gasteiger partial charge in [0, 0.05) is 23.3 Å². The molecule has 0 aromatic heterocycles. The van der Waals surface area contributed by atoms with E-state index in [0.29, 0.717) is 17.6 Å². The molecular weight excluding hydrogens is 228 g/mol. The summed E-state index contributed by atoms with van der Waals surface area (Å²) in [4.78, 5) is 11.2. The van der Waals surface area contributed by atoms with E-state index in [0.717, 1.165) is 16.5 Å². The van der Waals surface area contributed by atoms with Crippen LogP contribution in [0.1, 0.15) is 25.0 Å². The lowest BCUT2D eigenvalue weighted by Crippen LogP contribution is -2.05. The fraction of sp³-hybridized carbons (Fsp3) is 0.267. The molecule has 94 valence electrons. The molecular formula is C15H16O3. The summed E-state index contributed by atoms with van der Waals surface area (Å²) < 4.78 is 5.34. The molecule has 2 aromatic rings. The van der Waals surface area contributed by atoms with Crippen molar-refractivity contribution in [2.24, 2.45) is 0 Å². The number of phenols is 1. The van der Waals surface area contributed by atoms with E-state index in [4.69, 9.17) is 4.74 Å². The van der Waals surface area contributed by atoms with Crippen molar-refractivity contribution in [1.82, 2.24) is 0 Å². The minimum Gasteiger partial charge on any atom is -0.507 e. The predicted octanol–water partition coefficient (Wildman–Crippen LogP) is 3.34. The largest absolute Gasteiger partial charge is 0.507 e. The van der Waals surface area contributed by atoms with Crippen LogP contribution in [0.15, 0.2) is 24.3 Å². The first-order chi connectivity index (χ1) is 8.56. The Balaban J connectivity index is 2.86. The van der Waals surface area contributed by atoms with Crippen LogP contribution in [0, 0.1) is 6.92 Å². The van der Waals surface area contributed by atoms with E-state index in [1.165, 1.54) is 6.92 Å². The topological polar surface area (TPSA) is 46.5 Å². The molecule has 0 bridgehead atoms. The van der Waals surface area contributed by atoms with Gasteiger partial charge in [-0.3, -0.25) is 4.79 Å². The van der Waals surface area contributed by atoms with E-state index >= 15 is 0 Å². The van der Waals surface area contributed by atoms with Gasteiger partial charge in [0.05, 0.1) is 0 Å². The maximum absolute atomic E-state index is 11.2. The zero-order valence-corrected chi connectivity index (χ0v) is 10.8. The molecule has 2 rings (SSSR count). The van der Waals surface area contributed by atoms with Gasteiger partial charge in [-0.2, -0.15) is 0 Å². The molecule has 0 spiro atoms. The van der Waals surface area contributed by atoms with Crippen molar-refractivity contribution in [3.63, 3.8) is 0 Å². The van der Waals surface area contributed by atoms with Crippen LogP contribution in [0.4, 0.5) is 0 Å². The van der Waals surface area contributed by atoms with Crippen molar-refractivity contribution in [3.05, 3.63) is 35.4 Å². The number of hydrogen-bond donors (Lipinski definition) is 1. The molecule has 0 aliphatic heterocycles. The summed E-state index contributed by atoms with van der Waals surface area (Å²) in [7, 11) is 0. The molecule has 0 atom stereocenters. The van der Waals surface area contributed by atoms with Crippen molar-refractivity contribution in [2.75, 3.05) is 0 Å². The Bertz CT molecular complexity index is 615. The predicted molar refractivity (Wildman–Crippen MR) is 71.0 cm³/mol. The zero-order valence-electron chi connectivity index (χ0n) is 10.8. The van der Waals surface area contributed by atoms with Gasteiger partial charge in [0.15, 0.2) is 0 Å². The molecule has 0 radical (unpaired) electrons. The number of hydrogen-bond acceptors (Lipinski definition) is 3. The van der Waals surface area contributed by atoms with E-state index < -0.39 is 0 Å². The lowest BCUT2D eigenvalue weighted by molar-refractivity contribution is -0.131. The summed E-state index contributed by atoms with van der Waals surface area (Å²) in [6, 6.07) is 7.39. The van der Waals surface area contributed by atoms with Gasteiger partial charge in [-0.25, -0.2) is 0 Å². The molecule has 2 aromatic carbocycles. The summed E-state index contributed by atoms with van der Waals surface area (Å²) in [5, 5.41) is 11.7. The van der Waals surface area contributed by atoms with Gasteiger partial charge in [-0.05, 0) is 18.9 Å². The summed E-state index contributed by atoms with van der Waals surface area (Å²) in [5.74, 6) is 0.481. The lowest BCUT2D eigenvalue weighted by atomic mass is 9.97. The molecule has 3 nitrogen and oxygen atoms in total. The first-order valence-electron chi connectivity index (χ1n) is 5.97. The second-order valence-electron chi connectivity index (χ2n) is 4.27. The molecule has 1 N–H and O–H groups in total. The van der Waals surface area contributed by atoms with Gasteiger partial charge in [-0.15, -0.1) is 0 Å². The Morgan fingerprint density at radius 2 is 1.89 bits per heavy atom. The molecule has 0 aliphatic carbocycles. The van der Waals surface area contributed by atoms with Crippen LogP contribution in [0.25, 0.3) is 10.8 Å². The number of aromatic hydroxyl groups is 1. The quantitative estimate of drug-likeness (QED) is 0.651. The van der Waals surface area contributed by atoms with E-state index in [1.54, 1.807) is 0 Å². The minimum atomic E-state index is -0.347. The highest BCUT2D eigenvalue weighted by Crippen LogP contribution is 2.40. The highest BCUT2D eigenvalue weighted by molar-refractivity contribution is 5.97. The molecule has 3 heteroatoms. The number of phenolic OH excluding ortho intramolecular Hbond substituents is 1. The number of rotatable bonds is 2. The zero-order chi connectivity index (χ0) is 13.3. The number of carbonyl (C=O) groups is 1. The van der Waals surface area contributed by atoms with E-state index in [2.05, 4.69) is 0 Å². The summed E-state index contributed by atoms with van der Waals surface area (Å²) in [6.45, 7) is 5.20. The number of esters is 1. The Hall–Kier alpha value is -2.03.